The van der Waals surface area contributed by atoms with Crippen molar-refractivity contribution >= 4 is 120 Å². The predicted molar refractivity (Wildman–Crippen MR) is 457 cm³/mol. The van der Waals surface area contributed by atoms with Crippen LogP contribution in [0.25, 0.3) is 24.8 Å². The number of quaternary nitrogens is 1. The smallest absolute Gasteiger partial charge is 0.431 e. The molecular formula is C61H105F20N15O36S12. The standard InChI is InChI=1S/C9H17N2O3.2C9H14NO2.C8H18NO2.C7H13N2O2.C6H11N2O.C3H3F5NO4S2.5C2H3F3NO4S2/c12-6-1-9-10(4-7-13)2-3-11(9)5-8-14;2*11-7-4-9-3-1-2-5-10(9)6-8-12;10-7-5-9(6-8-11)3-1-2-4-9;10-5-3-8-1-2-9(7-8)4-6-11;1-7-2-3-8(6-7)4-5-9;1-14(10,11)9-15(12,13)3(7,8)2(4,5)6;5*1-11(7,8)6-12(9,10)2(3,4)5/h2-3,12-14H,1,4-8H2;2*1-3,5,11-12H,4,6-8H2;10-11H,1-8H2;1-2,7,10-11H,3-6H2;2-3,6,9H,4-5H2,1H3;1H3;5*1H3/q6*+1;6*-1. The van der Waals surface area contributed by atoms with Crippen molar-refractivity contribution in [1.29, 1.82) is 0 Å². The number of halogens is 20. The maximum atomic E-state index is 12.2. The molecule has 0 radical (unpaired) electrons. The molecule has 5 aromatic heterocycles. The van der Waals surface area contributed by atoms with Crippen LogP contribution in [0.2, 0.25) is 0 Å². The van der Waals surface area contributed by atoms with Crippen molar-refractivity contribution in [1.82, 2.24) is 13.7 Å². The van der Waals surface area contributed by atoms with Gasteiger partial charge >= 0.3 is 39.0 Å². The summed E-state index contributed by atoms with van der Waals surface area (Å²) in [4.78, 5) is 0. The fourth-order valence-corrected chi connectivity index (χ4v) is 19.9. The van der Waals surface area contributed by atoms with Gasteiger partial charge in [-0.15, -0.1) is 0 Å². The van der Waals surface area contributed by atoms with Gasteiger partial charge in [-0.1, -0.05) is 12.1 Å². The summed E-state index contributed by atoms with van der Waals surface area (Å²) in [5, 5.41) is 98.5. The second-order valence-corrected chi connectivity index (χ2v) is 47.8. The molecule has 6 rings (SSSR count). The Labute approximate surface area is 814 Å². The van der Waals surface area contributed by atoms with Crippen LogP contribution in [0.1, 0.15) is 30.1 Å². The number of alkyl halides is 20. The number of hydrogen-bond donors (Lipinski definition) is 12. The molecule has 0 bridgehead atoms. The summed E-state index contributed by atoms with van der Waals surface area (Å²) >= 11 is 0. The van der Waals surface area contributed by atoms with Gasteiger partial charge in [0.15, 0.2) is 97.0 Å². The lowest BCUT2D eigenvalue weighted by molar-refractivity contribution is -0.917. The van der Waals surface area contributed by atoms with Crippen LogP contribution in [0.15, 0.2) is 98.6 Å². The molecule has 5 aromatic rings. The van der Waals surface area contributed by atoms with Crippen LogP contribution in [-0.2, 0) is 192 Å². The number of aryl methyl sites for hydroxylation is 1. The third-order valence-corrected chi connectivity index (χ3v) is 29.4. The number of aromatic nitrogens is 8. The molecule has 12 N–H and O–H groups in total. The van der Waals surface area contributed by atoms with Gasteiger partial charge in [-0.05, 0) is 0 Å². The van der Waals surface area contributed by atoms with Crippen LogP contribution in [0, 0.1) is 0 Å². The Kier molecular flexibility index (Phi) is 66.4. The van der Waals surface area contributed by atoms with E-state index in [4.69, 9.17) is 61.3 Å². The number of rotatable bonds is 37. The molecule has 6 heterocycles. The van der Waals surface area contributed by atoms with Crippen molar-refractivity contribution in [2.24, 2.45) is 7.05 Å². The lowest BCUT2D eigenvalue weighted by Crippen LogP contribution is -2.49. The third kappa shape index (κ3) is 65.9. The number of likely N-dealkylation sites (tertiary alicyclic amines) is 1. The van der Waals surface area contributed by atoms with E-state index in [-0.39, 0.29) is 117 Å². The molecule has 1 aliphatic heterocycles. The highest BCUT2D eigenvalue weighted by molar-refractivity contribution is 8.14. The first kappa shape index (κ1) is 148. The summed E-state index contributed by atoms with van der Waals surface area (Å²) in [5.41, 5.74) is -26.3. The number of pyridine rings is 2. The van der Waals surface area contributed by atoms with Crippen molar-refractivity contribution in [2.45, 2.75) is 117 Å². The van der Waals surface area contributed by atoms with E-state index in [0.29, 0.717) is 65.1 Å². The Hall–Kier alpha value is -6.83. The van der Waals surface area contributed by atoms with E-state index in [1.54, 1.807) is 20.6 Å². The minimum absolute atomic E-state index is 0.0665. The zero-order chi connectivity index (χ0) is 115. The summed E-state index contributed by atoms with van der Waals surface area (Å²) in [6.45, 7) is 9.83. The molecule has 0 unspecified atom stereocenters. The lowest BCUT2D eigenvalue weighted by Gasteiger charge is -2.32. The van der Waals surface area contributed by atoms with Gasteiger partial charge in [0, 0.05) is 74.6 Å². The minimum atomic E-state index is -6.50. The molecular weight excluding hydrogens is 2280 g/mol. The van der Waals surface area contributed by atoms with E-state index >= 15 is 0 Å². The van der Waals surface area contributed by atoms with Crippen LogP contribution in [0.3, 0.4) is 0 Å². The Balaban J connectivity index is -0.000000361. The predicted octanol–water partition coefficient (Wildman–Crippen LogP) is -3.40. The molecule has 0 spiro atoms. The van der Waals surface area contributed by atoms with E-state index in [9.17, 15) is 189 Å². The molecule has 83 heteroatoms. The molecule has 0 atom stereocenters. The van der Waals surface area contributed by atoms with Gasteiger partial charge in [-0.2, -0.15) is 96.9 Å². The van der Waals surface area contributed by atoms with E-state index in [1.807, 2.05) is 142 Å². The van der Waals surface area contributed by atoms with Crippen molar-refractivity contribution < 1.29 is 277 Å². The first-order valence-electron chi connectivity index (χ1n) is 37.7. The summed E-state index contributed by atoms with van der Waals surface area (Å²) in [5.74, 6) is 0.926. The Morgan fingerprint density at radius 3 is 0.826 bits per heavy atom. The molecule has 0 saturated carbocycles. The monoisotopic (exact) mass is 2390 g/mol. The second-order valence-electron chi connectivity index (χ2n) is 26.9. The fraction of sp³-hybridized carbons (Fsp3) is 0.689. The number of aliphatic hydroxyl groups is 12. The van der Waals surface area contributed by atoms with Gasteiger partial charge < -0.3 is 90.5 Å². The Bertz CT molecular complexity index is 5490. The van der Waals surface area contributed by atoms with E-state index < -0.39 is 159 Å². The van der Waals surface area contributed by atoms with Crippen LogP contribution in [0.4, 0.5) is 87.8 Å². The molecule has 0 amide bonds. The Morgan fingerprint density at radius 1 is 0.312 bits per heavy atom. The van der Waals surface area contributed by atoms with Crippen LogP contribution >= 0.6 is 0 Å². The average molecular weight is 2390 g/mol. The van der Waals surface area contributed by atoms with Gasteiger partial charge in [0.2, 0.25) is 12.7 Å². The summed E-state index contributed by atoms with van der Waals surface area (Å²) in [6, 6.07) is 11.6. The first-order chi connectivity index (χ1) is 64.6. The fourth-order valence-electron chi connectivity index (χ4n) is 9.01. The molecule has 852 valence electrons. The quantitative estimate of drug-likeness (QED) is 0.0105. The number of sulfonamides is 12. The summed E-state index contributed by atoms with van der Waals surface area (Å²) in [6.07, 6.45) is 18.1. The van der Waals surface area contributed by atoms with Crippen LogP contribution in [-0.4, -0.2) is 362 Å². The lowest BCUT2D eigenvalue weighted by atomic mass is 10.2. The summed E-state index contributed by atoms with van der Waals surface area (Å²) < 4.78 is 497. The van der Waals surface area contributed by atoms with Gasteiger partial charge in [0.05, 0.1) is 166 Å². The van der Waals surface area contributed by atoms with E-state index in [2.05, 4.69) is 0 Å². The topological polar surface area (TPSA) is 771 Å². The van der Waals surface area contributed by atoms with Crippen molar-refractivity contribution in [3.63, 3.8) is 0 Å². The molecule has 51 nitrogen and oxygen atoms in total. The molecule has 144 heavy (non-hydrogen) atoms. The van der Waals surface area contributed by atoms with Crippen LogP contribution in [0.5, 0.6) is 0 Å². The van der Waals surface area contributed by atoms with Gasteiger partial charge in [-0.3, -0.25) is 0 Å². The SMILES string of the molecule is CS(=O)(=O)[N-]S(=O)(=O)C(F)(F)C(F)(F)F.CS(=O)(=O)[N-]S(=O)(=O)C(F)(F)F.CS(=O)(=O)[N-]S(=O)(=O)C(F)(F)F.CS(=O)(=O)[N-]S(=O)(=O)C(F)(F)F.CS(=O)(=O)[N-]S(=O)(=O)C(F)(F)F.CS(=O)(=O)[N-]S(=O)(=O)C(F)(F)F.C[n+]1ccn(CCO)c1.OCC[N+]1(CCO)CCCC1.OCCc1cccc[n+]1CCO.OCCc1cccc[n+]1CCO.OCCc1n(CCO)cc[n+]1CCO.OCCn1cc[n+](CCO)c1. The zero-order valence-electron chi connectivity index (χ0n) is 75.4. The van der Waals surface area contributed by atoms with Crippen molar-refractivity contribution in [3.8, 4) is 0 Å². The molecule has 1 saturated heterocycles. The normalized spacial score (nSPS) is 13.6. The van der Waals surface area contributed by atoms with E-state index in [0.717, 1.165) is 47.9 Å². The number of hydrogen-bond acceptors (Lipinski definition) is 36. The van der Waals surface area contributed by atoms with Gasteiger partial charge in [0.25, 0.3) is 5.82 Å². The van der Waals surface area contributed by atoms with Crippen molar-refractivity contribution in [3.05, 3.63) is 141 Å². The number of imidazole rings is 3. The highest BCUT2D eigenvalue weighted by Gasteiger charge is 2.64. The number of aliphatic hydroxyl groups excluding tert-OH is 12. The maximum Gasteiger partial charge on any atom is 0.480 e. The molecule has 1 fully saturated rings. The highest BCUT2D eigenvalue weighted by Crippen LogP contribution is 2.43. The van der Waals surface area contributed by atoms with Gasteiger partial charge in [-0.25, -0.2) is 128 Å². The second kappa shape index (κ2) is 64.7. The average Bonchev–Trinajstić information content (AvgIpc) is 0.804. The van der Waals surface area contributed by atoms with E-state index in [1.165, 1.54) is 17.0 Å². The Morgan fingerprint density at radius 2 is 0.590 bits per heavy atom. The molecule has 1 aliphatic rings. The first-order valence-corrected chi connectivity index (χ1v) is 57.5. The number of nitrogens with zero attached hydrogens (tertiary/aromatic N) is 15. The largest absolute Gasteiger partial charge is 0.480 e. The molecule has 0 aromatic carbocycles. The third-order valence-electron chi connectivity index (χ3n) is 14.4. The van der Waals surface area contributed by atoms with Crippen molar-refractivity contribution in [2.75, 3.05) is 143 Å². The maximum absolute atomic E-state index is 12.2. The minimum Gasteiger partial charge on any atom is -0.431 e. The summed E-state index contributed by atoms with van der Waals surface area (Å²) in [7, 11) is -61.7. The van der Waals surface area contributed by atoms with Crippen LogP contribution < -0.4 is 22.8 Å². The highest BCUT2D eigenvalue weighted by atomic mass is 32.3. The molecule has 0 aliphatic carbocycles. The zero-order valence-corrected chi connectivity index (χ0v) is 85.2. The van der Waals surface area contributed by atoms with Gasteiger partial charge in [0.1, 0.15) is 96.2 Å².